The predicted molar refractivity (Wildman–Crippen MR) is 141 cm³/mol. The molecule has 5 rings (SSSR count). The summed E-state index contributed by atoms with van der Waals surface area (Å²) >= 11 is 0. The Bertz CT molecular complexity index is 1520. The number of amides is 1. The number of aromatic nitrogens is 4. The van der Waals surface area contributed by atoms with E-state index in [1.807, 2.05) is 24.3 Å². The molecule has 1 amide bonds. The summed E-state index contributed by atoms with van der Waals surface area (Å²) in [5, 5.41) is 12.1. The van der Waals surface area contributed by atoms with Crippen molar-refractivity contribution in [3.8, 4) is 5.75 Å². The Balaban J connectivity index is 1.37. The number of carbonyl (C=O) groups excluding carboxylic acids is 2. The van der Waals surface area contributed by atoms with Crippen LogP contribution in [-0.4, -0.2) is 76.8 Å². The minimum atomic E-state index is -0.646. The van der Waals surface area contributed by atoms with Crippen molar-refractivity contribution in [2.24, 2.45) is 10.8 Å². The second-order valence-corrected chi connectivity index (χ2v) is 8.35. The Morgan fingerprint density at radius 2 is 2.00 bits per heavy atom. The first-order valence-electron chi connectivity index (χ1n) is 11.5. The number of H-pyrrole nitrogens is 1. The largest absolute Gasteiger partial charge is 0.494 e. The van der Waals surface area contributed by atoms with Gasteiger partial charge in [0.05, 0.1) is 36.0 Å². The van der Waals surface area contributed by atoms with E-state index in [1.54, 1.807) is 11.1 Å². The van der Waals surface area contributed by atoms with Crippen molar-refractivity contribution < 1.29 is 14.3 Å². The van der Waals surface area contributed by atoms with E-state index in [0.29, 0.717) is 48.6 Å². The van der Waals surface area contributed by atoms with Gasteiger partial charge in [-0.25, -0.2) is 10.8 Å². The number of hydrazine groups is 1. The summed E-state index contributed by atoms with van der Waals surface area (Å²) in [5.74, 6) is 6.26. The van der Waals surface area contributed by atoms with E-state index in [0.717, 1.165) is 16.6 Å². The average Bonchev–Trinajstić information content (AvgIpc) is 3.40. The lowest BCUT2D eigenvalue weighted by Crippen LogP contribution is -2.51. The van der Waals surface area contributed by atoms with Gasteiger partial charge < -0.3 is 19.5 Å². The Kier molecular flexibility index (Phi) is 6.47. The van der Waals surface area contributed by atoms with Gasteiger partial charge in [-0.15, -0.1) is 5.10 Å². The number of ether oxygens (including phenoxy) is 1. The molecule has 3 N–H and O–H groups in total. The second kappa shape index (κ2) is 10.0. The number of nitrogens with two attached hydrogens (primary N) is 1. The van der Waals surface area contributed by atoms with Crippen molar-refractivity contribution in [1.29, 1.82) is 0 Å². The molecule has 0 atom stereocenters. The molecule has 1 aromatic carbocycles. The molecule has 1 aliphatic heterocycles. The van der Waals surface area contributed by atoms with Gasteiger partial charge in [-0.2, -0.15) is 5.10 Å². The van der Waals surface area contributed by atoms with Crippen LogP contribution in [0, 0.1) is 0 Å². The van der Waals surface area contributed by atoms with E-state index in [2.05, 4.69) is 36.8 Å². The monoisotopic (exact) mass is 499 g/mol. The number of ketones is 1. The quantitative estimate of drug-likeness (QED) is 0.128. The fourth-order valence-electron chi connectivity index (χ4n) is 4.45. The Labute approximate surface area is 212 Å². The van der Waals surface area contributed by atoms with Crippen LogP contribution in [0.15, 0.2) is 60.2 Å². The number of fused-ring (bicyclic) bond motifs is 2. The van der Waals surface area contributed by atoms with Crippen molar-refractivity contribution in [3.63, 3.8) is 0 Å². The average molecular weight is 500 g/mol. The highest BCUT2D eigenvalue weighted by Gasteiger charge is 2.31. The number of benzene rings is 1. The molecule has 0 bridgehead atoms. The molecule has 4 heterocycles. The van der Waals surface area contributed by atoms with E-state index >= 15 is 0 Å². The fraction of sp³-hybridized carbons (Fsp3) is 0.200. The second-order valence-electron chi connectivity index (χ2n) is 8.35. The minimum absolute atomic E-state index is 0.182. The van der Waals surface area contributed by atoms with Crippen molar-refractivity contribution in [2.45, 2.75) is 0 Å². The van der Waals surface area contributed by atoms with Crippen LogP contribution in [0.5, 0.6) is 5.75 Å². The SMILES string of the molecule is C=N/C=C\N(N)c1ncc(OC)c2c(C(=O)C(=O)N3CCN(c4nncc5ccccc45)CC3)c[nH]c12. The Morgan fingerprint density at radius 3 is 2.76 bits per heavy atom. The number of hydrogen-bond acceptors (Lipinski definition) is 10. The van der Waals surface area contributed by atoms with E-state index in [4.69, 9.17) is 10.6 Å². The zero-order chi connectivity index (χ0) is 25.9. The number of carbonyl (C=O) groups is 2. The van der Waals surface area contributed by atoms with Crippen LogP contribution in [0.4, 0.5) is 11.6 Å². The molecule has 188 valence electrons. The molecule has 0 unspecified atom stereocenters. The summed E-state index contributed by atoms with van der Waals surface area (Å²) in [5.41, 5.74) is 0.633. The summed E-state index contributed by atoms with van der Waals surface area (Å²) in [6.45, 7) is 5.18. The highest BCUT2D eigenvalue weighted by atomic mass is 16.5. The summed E-state index contributed by atoms with van der Waals surface area (Å²) in [7, 11) is 1.47. The van der Waals surface area contributed by atoms with Crippen LogP contribution in [-0.2, 0) is 4.79 Å². The highest BCUT2D eigenvalue weighted by molar-refractivity contribution is 6.45. The first-order valence-corrected chi connectivity index (χ1v) is 11.5. The topological polar surface area (TPSA) is 146 Å². The third-order valence-corrected chi connectivity index (χ3v) is 6.31. The van der Waals surface area contributed by atoms with Gasteiger partial charge in [-0.05, 0) is 6.72 Å². The number of pyridine rings is 1. The molecule has 12 nitrogen and oxygen atoms in total. The predicted octanol–water partition coefficient (Wildman–Crippen LogP) is 1.90. The Morgan fingerprint density at radius 1 is 1.22 bits per heavy atom. The normalized spacial score (nSPS) is 13.9. The number of nitrogens with one attached hydrogen (secondary N) is 1. The number of methoxy groups -OCH3 is 1. The Hall–Kier alpha value is -4.84. The standard InChI is InChI=1S/C25H25N9O3/c1-27-7-8-34(26)24-21-20(19(37-2)15-29-24)18(14-28-21)22(35)25(36)33-11-9-32(10-12-33)23-17-6-4-3-5-16(17)13-30-31-23/h3-8,13-15,28H,1,9-12,26H2,2H3/b8-7-. The molecule has 1 fully saturated rings. The minimum Gasteiger partial charge on any atom is -0.494 e. The molecule has 37 heavy (non-hydrogen) atoms. The molecule has 0 spiro atoms. The smallest absolute Gasteiger partial charge is 0.295 e. The fourth-order valence-corrected chi connectivity index (χ4v) is 4.45. The number of nitrogens with zero attached hydrogens (tertiary/aromatic N) is 7. The molecule has 4 aromatic rings. The van der Waals surface area contributed by atoms with Crippen LogP contribution in [0.25, 0.3) is 21.7 Å². The van der Waals surface area contributed by atoms with Crippen molar-refractivity contribution >= 4 is 51.7 Å². The number of Topliss-reactive ketones (excluding diaryl/α,β-unsaturated/α-hetero) is 1. The van der Waals surface area contributed by atoms with Crippen LogP contribution in [0.2, 0.25) is 0 Å². The number of anilines is 2. The summed E-state index contributed by atoms with van der Waals surface area (Å²) in [4.78, 5) is 41.2. The maximum absolute atomic E-state index is 13.4. The summed E-state index contributed by atoms with van der Waals surface area (Å²) in [6, 6.07) is 7.90. The van der Waals surface area contributed by atoms with Crippen LogP contribution < -0.4 is 20.5 Å². The molecule has 3 aromatic heterocycles. The first-order chi connectivity index (χ1) is 18.0. The molecular weight excluding hydrogens is 474 g/mol. The van der Waals surface area contributed by atoms with Crippen molar-refractivity contribution in [3.05, 3.63) is 60.8 Å². The van der Waals surface area contributed by atoms with Gasteiger partial charge >= 0.3 is 0 Å². The lowest BCUT2D eigenvalue weighted by atomic mass is 10.1. The van der Waals surface area contributed by atoms with Crippen LogP contribution in [0.1, 0.15) is 10.4 Å². The third kappa shape index (κ3) is 4.34. The maximum atomic E-state index is 13.4. The molecule has 1 saturated heterocycles. The molecular formula is C25H25N9O3. The number of rotatable bonds is 7. The summed E-state index contributed by atoms with van der Waals surface area (Å²) in [6.07, 6.45) is 7.52. The van der Waals surface area contributed by atoms with E-state index < -0.39 is 11.7 Å². The van der Waals surface area contributed by atoms with Crippen LogP contribution >= 0.6 is 0 Å². The van der Waals surface area contributed by atoms with E-state index in [9.17, 15) is 9.59 Å². The van der Waals surface area contributed by atoms with Gasteiger partial charge in [0.1, 0.15) is 5.75 Å². The van der Waals surface area contributed by atoms with E-state index in [1.165, 1.54) is 36.9 Å². The number of hydrogen-bond donors (Lipinski definition) is 2. The molecule has 0 radical (unpaired) electrons. The lowest BCUT2D eigenvalue weighted by molar-refractivity contribution is -0.126. The van der Waals surface area contributed by atoms with Gasteiger partial charge in [0.2, 0.25) is 0 Å². The lowest BCUT2D eigenvalue weighted by Gasteiger charge is -2.35. The zero-order valence-electron chi connectivity index (χ0n) is 20.2. The third-order valence-electron chi connectivity index (χ3n) is 6.31. The first kappa shape index (κ1) is 23.9. The van der Waals surface area contributed by atoms with Gasteiger partial charge in [-0.1, -0.05) is 24.3 Å². The molecule has 0 aliphatic carbocycles. The van der Waals surface area contributed by atoms with Gasteiger partial charge in [0.25, 0.3) is 11.7 Å². The highest BCUT2D eigenvalue weighted by Crippen LogP contribution is 2.34. The number of piperazine rings is 1. The zero-order valence-corrected chi connectivity index (χ0v) is 20.2. The summed E-state index contributed by atoms with van der Waals surface area (Å²) < 4.78 is 5.43. The maximum Gasteiger partial charge on any atom is 0.295 e. The van der Waals surface area contributed by atoms with Gasteiger partial charge in [0.15, 0.2) is 11.6 Å². The van der Waals surface area contributed by atoms with Gasteiger partial charge in [-0.3, -0.25) is 19.6 Å². The van der Waals surface area contributed by atoms with Gasteiger partial charge in [0, 0.05) is 55.5 Å². The van der Waals surface area contributed by atoms with Crippen LogP contribution in [0.3, 0.4) is 0 Å². The molecule has 12 heteroatoms. The number of aliphatic imine (C=N–C) groups is 1. The van der Waals surface area contributed by atoms with E-state index in [-0.39, 0.29) is 5.56 Å². The van der Waals surface area contributed by atoms with Crippen molar-refractivity contribution in [2.75, 3.05) is 43.2 Å². The van der Waals surface area contributed by atoms with Crippen molar-refractivity contribution in [1.82, 2.24) is 25.1 Å². The molecule has 1 aliphatic rings. The molecule has 0 saturated carbocycles. The number of aromatic amines is 1.